The Morgan fingerprint density at radius 1 is 1.10 bits per heavy atom. The molecule has 3 rings (SSSR count). The largest absolute Gasteiger partial charge is 0.491 e. The van der Waals surface area contributed by atoms with Crippen molar-refractivity contribution in [3.8, 4) is 11.5 Å². The van der Waals surface area contributed by atoms with Gasteiger partial charge in [0.25, 0.3) is 5.91 Å². The summed E-state index contributed by atoms with van der Waals surface area (Å²) in [7, 11) is 0. The van der Waals surface area contributed by atoms with Crippen LogP contribution in [-0.2, 0) is 6.61 Å². The number of rotatable bonds is 8. The number of benzene rings is 2. The van der Waals surface area contributed by atoms with Gasteiger partial charge in [0, 0.05) is 10.9 Å². The molecule has 1 N–H and O–H groups in total. The summed E-state index contributed by atoms with van der Waals surface area (Å²) in [5, 5.41) is 6.03. The second-order valence-electron chi connectivity index (χ2n) is 7.11. The first-order valence-corrected chi connectivity index (χ1v) is 10.5. The van der Waals surface area contributed by atoms with E-state index < -0.39 is 0 Å². The first kappa shape index (κ1) is 20.9. The maximum Gasteiger partial charge on any atom is 0.251 e. The van der Waals surface area contributed by atoms with E-state index in [2.05, 4.69) is 10.3 Å². The van der Waals surface area contributed by atoms with Gasteiger partial charge in [0.1, 0.15) is 18.1 Å². The molecule has 3 aromatic rings. The summed E-state index contributed by atoms with van der Waals surface area (Å²) in [5.41, 5.74) is 2.49. The third-order valence-electron chi connectivity index (χ3n) is 4.25. The van der Waals surface area contributed by atoms with Crippen LogP contribution in [0.2, 0.25) is 0 Å². The third-order valence-corrected chi connectivity index (χ3v) is 5.07. The molecule has 2 aromatic carbocycles. The first-order valence-electron chi connectivity index (χ1n) is 9.62. The number of aryl methyl sites for hydroxylation is 1. The number of carbonyl (C=O) groups is 1. The topological polar surface area (TPSA) is 60.5 Å². The highest BCUT2D eigenvalue weighted by molar-refractivity contribution is 7.09. The normalized spacial score (nSPS) is 11.9. The molecular formula is C23H26N2O3S. The van der Waals surface area contributed by atoms with Crippen LogP contribution in [0.3, 0.4) is 0 Å². The van der Waals surface area contributed by atoms with E-state index in [1.54, 1.807) is 35.6 Å². The van der Waals surface area contributed by atoms with Crippen molar-refractivity contribution in [2.45, 2.75) is 46.4 Å². The first-order chi connectivity index (χ1) is 13.9. The lowest BCUT2D eigenvalue weighted by Crippen LogP contribution is -2.26. The zero-order valence-corrected chi connectivity index (χ0v) is 18.0. The van der Waals surface area contributed by atoms with E-state index in [4.69, 9.17) is 9.47 Å². The molecule has 5 nitrogen and oxygen atoms in total. The molecule has 29 heavy (non-hydrogen) atoms. The molecule has 0 aliphatic carbocycles. The van der Waals surface area contributed by atoms with E-state index in [9.17, 15) is 4.79 Å². The molecule has 1 amide bonds. The molecule has 1 atom stereocenters. The summed E-state index contributed by atoms with van der Waals surface area (Å²) >= 11 is 1.60. The Labute approximate surface area is 175 Å². The summed E-state index contributed by atoms with van der Waals surface area (Å²) in [5.74, 6) is 1.38. The van der Waals surface area contributed by atoms with Gasteiger partial charge in [-0.15, -0.1) is 11.3 Å². The van der Waals surface area contributed by atoms with Gasteiger partial charge in [-0.1, -0.05) is 12.1 Å². The Hall–Kier alpha value is -2.86. The third kappa shape index (κ3) is 6.06. The van der Waals surface area contributed by atoms with Crippen LogP contribution in [0.25, 0.3) is 0 Å². The van der Waals surface area contributed by atoms with Crippen LogP contribution in [-0.4, -0.2) is 17.0 Å². The van der Waals surface area contributed by atoms with Crippen LogP contribution >= 0.6 is 11.3 Å². The molecule has 0 radical (unpaired) electrons. The average Bonchev–Trinajstić information content (AvgIpc) is 3.11. The van der Waals surface area contributed by atoms with Crippen molar-refractivity contribution in [1.82, 2.24) is 10.3 Å². The quantitative estimate of drug-likeness (QED) is 0.547. The van der Waals surface area contributed by atoms with E-state index in [0.717, 1.165) is 22.0 Å². The molecule has 0 fully saturated rings. The standard InChI is InChI=1S/C23H26N2O3S/c1-15(2)28-22-7-5-6-19(12-22)16(3)24-23(26)18-8-10-21(11-9-18)27-13-20-14-29-17(4)25-20/h5-12,14-16H,13H2,1-4H3,(H,24,26). The van der Waals surface area contributed by atoms with Gasteiger partial charge in [-0.2, -0.15) is 0 Å². The number of hydrogen-bond donors (Lipinski definition) is 1. The van der Waals surface area contributed by atoms with Crippen LogP contribution in [0, 0.1) is 6.92 Å². The molecule has 0 aliphatic heterocycles. The van der Waals surface area contributed by atoms with E-state index in [0.29, 0.717) is 17.9 Å². The fraction of sp³-hybridized carbons (Fsp3) is 0.304. The molecule has 0 saturated carbocycles. The summed E-state index contributed by atoms with van der Waals surface area (Å²) < 4.78 is 11.5. The van der Waals surface area contributed by atoms with Crippen LogP contribution in [0.1, 0.15) is 53.4 Å². The number of ether oxygens (including phenoxy) is 2. The number of hydrogen-bond acceptors (Lipinski definition) is 5. The van der Waals surface area contributed by atoms with E-state index in [-0.39, 0.29) is 18.1 Å². The minimum Gasteiger partial charge on any atom is -0.491 e. The summed E-state index contributed by atoms with van der Waals surface area (Å²) in [6.07, 6.45) is 0.107. The van der Waals surface area contributed by atoms with Crippen LogP contribution in [0.15, 0.2) is 53.9 Å². The second kappa shape index (κ2) is 9.56. The molecule has 152 valence electrons. The maximum absolute atomic E-state index is 12.6. The summed E-state index contributed by atoms with van der Waals surface area (Å²) in [4.78, 5) is 17.0. The predicted octanol–water partition coefficient (Wildman–Crippen LogP) is 5.31. The number of amides is 1. The van der Waals surface area contributed by atoms with Crippen molar-refractivity contribution in [3.63, 3.8) is 0 Å². The maximum atomic E-state index is 12.6. The van der Waals surface area contributed by atoms with Crippen molar-refractivity contribution in [2.75, 3.05) is 0 Å². The number of thiazole rings is 1. The smallest absolute Gasteiger partial charge is 0.251 e. The van der Waals surface area contributed by atoms with Gasteiger partial charge in [-0.25, -0.2) is 4.98 Å². The average molecular weight is 411 g/mol. The highest BCUT2D eigenvalue weighted by Gasteiger charge is 2.13. The van der Waals surface area contributed by atoms with Crippen molar-refractivity contribution < 1.29 is 14.3 Å². The molecule has 1 unspecified atom stereocenters. The number of nitrogens with one attached hydrogen (secondary N) is 1. The Morgan fingerprint density at radius 3 is 2.52 bits per heavy atom. The lowest BCUT2D eigenvalue weighted by atomic mass is 10.1. The molecule has 0 saturated heterocycles. The lowest BCUT2D eigenvalue weighted by Gasteiger charge is -2.17. The molecule has 0 aliphatic rings. The van der Waals surface area contributed by atoms with Gasteiger partial charge in [-0.3, -0.25) is 4.79 Å². The lowest BCUT2D eigenvalue weighted by molar-refractivity contribution is 0.0939. The molecule has 6 heteroatoms. The van der Waals surface area contributed by atoms with E-state index >= 15 is 0 Å². The van der Waals surface area contributed by atoms with Gasteiger partial charge < -0.3 is 14.8 Å². The Bertz CT molecular complexity index is 951. The monoisotopic (exact) mass is 410 g/mol. The summed E-state index contributed by atoms with van der Waals surface area (Å²) in [6.45, 7) is 8.32. The van der Waals surface area contributed by atoms with Crippen molar-refractivity contribution in [3.05, 3.63) is 75.7 Å². The fourth-order valence-electron chi connectivity index (χ4n) is 2.83. The van der Waals surface area contributed by atoms with Crippen molar-refractivity contribution in [2.24, 2.45) is 0 Å². The minimum atomic E-state index is -0.137. The fourth-order valence-corrected chi connectivity index (χ4v) is 3.42. The van der Waals surface area contributed by atoms with Gasteiger partial charge in [0.05, 0.1) is 22.8 Å². The van der Waals surface area contributed by atoms with Gasteiger partial charge in [0.15, 0.2) is 0 Å². The van der Waals surface area contributed by atoms with Gasteiger partial charge in [-0.05, 0) is 69.7 Å². The van der Waals surface area contributed by atoms with Crippen molar-refractivity contribution >= 4 is 17.2 Å². The molecule has 0 bridgehead atoms. The Morgan fingerprint density at radius 2 is 1.86 bits per heavy atom. The Kier molecular flexibility index (Phi) is 6.88. The highest BCUT2D eigenvalue weighted by Crippen LogP contribution is 2.21. The molecule has 0 spiro atoms. The highest BCUT2D eigenvalue weighted by atomic mass is 32.1. The number of carbonyl (C=O) groups excluding carboxylic acids is 1. The SMILES string of the molecule is Cc1nc(COc2ccc(C(=O)NC(C)c3cccc(OC(C)C)c3)cc2)cs1. The summed E-state index contributed by atoms with van der Waals surface area (Å²) in [6, 6.07) is 14.8. The van der Waals surface area contributed by atoms with Crippen LogP contribution in [0.5, 0.6) is 11.5 Å². The molecular weight excluding hydrogens is 384 g/mol. The van der Waals surface area contributed by atoms with Gasteiger partial charge >= 0.3 is 0 Å². The van der Waals surface area contributed by atoms with Crippen LogP contribution in [0.4, 0.5) is 0 Å². The molecule has 1 aromatic heterocycles. The number of aromatic nitrogens is 1. The predicted molar refractivity (Wildman–Crippen MR) is 116 cm³/mol. The number of nitrogens with zero attached hydrogens (tertiary/aromatic N) is 1. The van der Waals surface area contributed by atoms with Gasteiger partial charge in [0.2, 0.25) is 0 Å². The molecule has 1 heterocycles. The zero-order valence-electron chi connectivity index (χ0n) is 17.1. The minimum absolute atomic E-state index is 0.107. The van der Waals surface area contributed by atoms with E-state index in [1.807, 2.05) is 57.3 Å². The zero-order chi connectivity index (χ0) is 20.8. The Balaban J connectivity index is 1.57. The van der Waals surface area contributed by atoms with Crippen LogP contribution < -0.4 is 14.8 Å². The van der Waals surface area contributed by atoms with Crippen molar-refractivity contribution in [1.29, 1.82) is 0 Å². The van der Waals surface area contributed by atoms with E-state index in [1.165, 1.54) is 0 Å². The second-order valence-corrected chi connectivity index (χ2v) is 8.17.